The highest BCUT2D eigenvalue weighted by Gasteiger charge is 1.98. The van der Waals surface area contributed by atoms with E-state index in [2.05, 4.69) is 4.98 Å². The standard InChI is InChI=1S/C6H5Cl2N.C2H6/c1-4-2-3-9-6(8)5(4)7;1-2/h2-3H,1H3;1-2H3. The second-order valence-electron chi connectivity index (χ2n) is 1.73. The van der Waals surface area contributed by atoms with E-state index in [9.17, 15) is 0 Å². The van der Waals surface area contributed by atoms with Crippen LogP contribution in [-0.4, -0.2) is 4.98 Å². The average Bonchev–Trinajstić information content (AvgIpc) is 2.04. The lowest BCUT2D eigenvalue weighted by molar-refractivity contribution is 1.29. The van der Waals surface area contributed by atoms with Gasteiger partial charge in [0.1, 0.15) is 5.15 Å². The fourth-order valence-electron chi connectivity index (χ4n) is 0.507. The van der Waals surface area contributed by atoms with E-state index in [4.69, 9.17) is 23.2 Å². The van der Waals surface area contributed by atoms with Crippen LogP contribution in [0.2, 0.25) is 10.2 Å². The summed E-state index contributed by atoms with van der Waals surface area (Å²) in [5.41, 5.74) is 0.955. The Kier molecular flexibility index (Phi) is 5.26. The number of hydrogen-bond acceptors (Lipinski definition) is 1. The minimum atomic E-state index is 0.372. The topological polar surface area (TPSA) is 12.9 Å². The maximum absolute atomic E-state index is 5.68. The molecule has 0 aliphatic rings. The van der Waals surface area contributed by atoms with Crippen molar-refractivity contribution < 1.29 is 0 Å². The van der Waals surface area contributed by atoms with Gasteiger partial charge in [-0.05, 0) is 18.6 Å². The lowest BCUT2D eigenvalue weighted by atomic mass is 10.3. The van der Waals surface area contributed by atoms with Crippen molar-refractivity contribution in [3.63, 3.8) is 0 Å². The highest BCUT2D eigenvalue weighted by atomic mass is 35.5. The van der Waals surface area contributed by atoms with Crippen molar-refractivity contribution >= 4 is 23.2 Å². The predicted octanol–water partition coefficient (Wildman–Crippen LogP) is 3.72. The summed E-state index contributed by atoms with van der Waals surface area (Å²) < 4.78 is 0. The van der Waals surface area contributed by atoms with Crippen LogP contribution in [0.25, 0.3) is 0 Å². The zero-order valence-corrected chi connectivity index (χ0v) is 8.37. The van der Waals surface area contributed by atoms with Gasteiger partial charge in [-0.2, -0.15) is 0 Å². The summed E-state index contributed by atoms with van der Waals surface area (Å²) in [5, 5.41) is 0.913. The van der Waals surface area contributed by atoms with Crippen molar-refractivity contribution in [2.24, 2.45) is 0 Å². The molecule has 0 amide bonds. The lowest BCUT2D eigenvalue weighted by Crippen LogP contribution is -1.78. The zero-order valence-electron chi connectivity index (χ0n) is 6.86. The highest BCUT2D eigenvalue weighted by molar-refractivity contribution is 6.41. The molecule has 3 heteroatoms. The van der Waals surface area contributed by atoms with Crippen LogP contribution >= 0.6 is 23.2 Å². The van der Waals surface area contributed by atoms with Crippen LogP contribution in [0.1, 0.15) is 19.4 Å². The van der Waals surface area contributed by atoms with Crippen LogP contribution in [0.15, 0.2) is 12.3 Å². The molecule has 0 spiro atoms. The van der Waals surface area contributed by atoms with Crippen LogP contribution < -0.4 is 0 Å². The van der Waals surface area contributed by atoms with E-state index in [-0.39, 0.29) is 0 Å². The van der Waals surface area contributed by atoms with Gasteiger partial charge in [0.25, 0.3) is 0 Å². The smallest absolute Gasteiger partial charge is 0.147 e. The Balaban J connectivity index is 0.000000461. The second-order valence-corrected chi connectivity index (χ2v) is 2.47. The third-order valence-electron chi connectivity index (χ3n) is 1.04. The van der Waals surface area contributed by atoms with Crippen LogP contribution in [0.4, 0.5) is 0 Å². The molecule has 0 aliphatic carbocycles. The molecule has 0 radical (unpaired) electrons. The van der Waals surface area contributed by atoms with E-state index in [0.717, 1.165) is 5.56 Å². The summed E-state index contributed by atoms with van der Waals surface area (Å²) in [6, 6.07) is 1.81. The normalized spacial score (nSPS) is 8.45. The minimum Gasteiger partial charge on any atom is -0.243 e. The predicted molar refractivity (Wildman–Crippen MR) is 50.3 cm³/mol. The third kappa shape index (κ3) is 3.08. The molecule has 62 valence electrons. The molecule has 1 aromatic heterocycles. The Hall–Kier alpha value is -0.270. The van der Waals surface area contributed by atoms with Crippen molar-refractivity contribution in [3.05, 3.63) is 28.0 Å². The molecule has 0 aliphatic heterocycles. The molecule has 11 heavy (non-hydrogen) atoms. The molecule has 1 heterocycles. The number of aromatic nitrogens is 1. The maximum atomic E-state index is 5.68. The maximum Gasteiger partial charge on any atom is 0.147 e. The Morgan fingerprint density at radius 3 is 2.18 bits per heavy atom. The number of pyridine rings is 1. The fourth-order valence-corrected chi connectivity index (χ4v) is 0.824. The average molecular weight is 192 g/mol. The first-order valence-electron chi connectivity index (χ1n) is 3.48. The van der Waals surface area contributed by atoms with E-state index in [0.29, 0.717) is 10.2 Å². The molecule has 0 fully saturated rings. The number of hydrogen-bond donors (Lipinski definition) is 0. The quantitative estimate of drug-likeness (QED) is 0.570. The van der Waals surface area contributed by atoms with Gasteiger partial charge in [0.05, 0.1) is 5.02 Å². The van der Waals surface area contributed by atoms with Crippen LogP contribution in [0.3, 0.4) is 0 Å². The SMILES string of the molecule is CC.Cc1ccnc(Cl)c1Cl. The van der Waals surface area contributed by atoms with E-state index < -0.39 is 0 Å². The largest absolute Gasteiger partial charge is 0.243 e. The van der Waals surface area contributed by atoms with Gasteiger partial charge < -0.3 is 0 Å². The Morgan fingerprint density at radius 2 is 1.82 bits per heavy atom. The summed E-state index contributed by atoms with van der Waals surface area (Å²) in [5.74, 6) is 0. The molecule has 1 rings (SSSR count). The lowest BCUT2D eigenvalue weighted by Gasteiger charge is -1.95. The number of nitrogens with zero attached hydrogens (tertiary/aromatic N) is 1. The van der Waals surface area contributed by atoms with Gasteiger partial charge in [-0.1, -0.05) is 37.0 Å². The van der Waals surface area contributed by atoms with Crippen molar-refractivity contribution in [2.75, 3.05) is 0 Å². The molecule has 0 bridgehead atoms. The van der Waals surface area contributed by atoms with Gasteiger partial charge in [-0.25, -0.2) is 4.98 Å². The van der Waals surface area contributed by atoms with Crippen LogP contribution in [-0.2, 0) is 0 Å². The number of rotatable bonds is 0. The highest BCUT2D eigenvalue weighted by Crippen LogP contribution is 2.21. The van der Waals surface area contributed by atoms with E-state index in [1.54, 1.807) is 6.20 Å². The number of halogens is 2. The minimum absolute atomic E-state index is 0.372. The first kappa shape index (κ1) is 10.7. The Morgan fingerprint density at radius 1 is 1.27 bits per heavy atom. The molecular weight excluding hydrogens is 181 g/mol. The van der Waals surface area contributed by atoms with E-state index in [1.807, 2.05) is 26.8 Å². The Bertz CT molecular complexity index is 203. The molecular formula is C8H11Cl2N. The van der Waals surface area contributed by atoms with Gasteiger partial charge >= 0.3 is 0 Å². The molecule has 1 nitrogen and oxygen atoms in total. The van der Waals surface area contributed by atoms with Gasteiger partial charge in [0, 0.05) is 6.20 Å². The van der Waals surface area contributed by atoms with Gasteiger partial charge in [0.2, 0.25) is 0 Å². The number of aryl methyl sites for hydroxylation is 1. The summed E-state index contributed by atoms with van der Waals surface area (Å²) in [6.07, 6.45) is 1.63. The third-order valence-corrected chi connectivity index (χ3v) is 1.90. The molecule has 0 saturated heterocycles. The van der Waals surface area contributed by atoms with E-state index >= 15 is 0 Å². The second kappa shape index (κ2) is 5.39. The van der Waals surface area contributed by atoms with Crippen molar-refractivity contribution in [1.29, 1.82) is 0 Å². The fraction of sp³-hybridized carbons (Fsp3) is 0.375. The van der Waals surface area contributed by atoms with Crippen LogP contribution in [0, 0.1) is 6.92 Å². The molecule has 0 unspecified atom stereocenters. The van der Waals surface area contributed by atoms with Crippen molar-refractivity contribution in [3.8, 4) is 0 Å². The van der Waals surface area contributed by atoms with Gasteiger partial charge in [-0.3, -0.25) is 0 Å². The first-order chi connectivity index (χ1) is 5.22. The Labute approximate surface area is 77.4 Å². The molecule has 1 aromatic rings. The van der Waals surface area contributed by atoms with Crippen molar-refractivity contribution in [1.82, 2.24) is 4.98 Å². The van der Waals surface area contributed by atoms with Gasteiger partial charge in [0.15, 0.2) is 0 Å². The summed E-state index contributed by atoms with van der Waals surface area (Å²) in [7, 11) is 0. The van der Waals surface area contributed by atoms with Crippen molar-refractivity contribution in [2.45, 2.75) is 20.8 Å². The summed E-state index contributed by atoms with van der Waals surface area (Å²) >= 11 is 11.3. The molecule has 0 saturated carbocycles. The van der Waals surface area contributed by atoms with Gasteiger partial charge in [-0.15, -0.1) is 0 Å². The molecule has 0 atom stereocenters. The zero-order chi connectivity index (χ0) is 8.85. The van der Waals surface area contributed by atoms with Crippen LogP contribution in [0.5, 0.6) is 0 Å². The molecule has 0 N–H and O–H groups in total. The first-order valence-corrected chi connectivity index (χ1v) is 4.24. The van der Waals surface area contributed by atoms with E-state index in [1.165, 1.54) is 0 Å². The summed E-state index contributed by atoms with van der Waals surface area (Å²) in [6.45, 7) is 5.88. The molecule has 0 aromatic carbocycles. The monoisotopic (exact) mass is 191 g/mol. The summed E-state index contributed by atoms with van der Waals surface area (Å²) in [4.78, 5) is 3.77.